The Morgan fingerprint density at radius 2 is 1.92 bits per heavy atom. The van der Waals surface area contributed by atoms with Gasteiger partial charge in [0, 0.05) is 31.2 Å². The maximum absolute atomic E-state index is 4.79. The minimum Gasteiger partial charge on any atom is -0.353 e. The molecule has 1 aliphatic rings. The molecule has 140 valence electrons. The molecule has 0 amide bonds. The Morgan fingerprint density at radius 1 is 1.15 bits per heavy atom. The van der Waals surface area contributed by atoms with E-state index in [0.29, 0.717) is 12.1 Å². The maximum Gasteiger partial charge on any atom is 0.134 e. The zero-order valence-corrected chi connectivity index (χ0v) is 16.7. The molecule has 0 bridgehead atoms. The molecule has 1 fully saturated rings. The quantitative estimate of drug-likeness (QED) is 0.735. The highest BCUT2D eigenvalue weighted by Crippen LogP contribution is 2.28. The lowest BCUT2D eigenvalue weighted by Gasteiger charge is -2.37. The lowest BCUT2D eigenvalue weighted by molar-refractivity contribution is 0.446. The molecular formula is C22H32N4. The molecule has 0 radical (unpaired) electrons. The molecule has 1 atom stereocenters. The summed E-state index contributed by atoms with van der Waals surface area (Å²) in [6.07, 6.45) is 5.04. The van der Waals surface area contributed by atoms with Crippen LogP contribution in [0, 0.1) is 6.92 Å². The summed E-state index contributed by atoms with van der Waals surface area (Å²) in [4.78, 5) is 14.5. The Labute approximate surface area is 158 Å². The van der Waals surface area contributed by atoms with Gasteiger partial charge < -0.3 is 9.80 Å². The van der Waals surface area contributed by atoms with Crippen molar-refractivity contribution < 1.29 is 0 Å². The molecule has 2 aromatic rings. The predicted octanol–water partition coefficient (Wildman–Crippen LogP) is 4.97. The van der Waals surface area contributed by atoms with Gasteiger partial charge in [-0.2, -0.15) is 0 Å². The van der Waals surface area contributed by atoms with Crippen molar-refractivity contribution in [1.82, 2.24) is 9.97 Å². The van der Waals surface area contributed by atoms with Crippen LogP contribution in [-0.2, 0) is 6.54 Å². The van der Waals surface area contributed by atoms with Crippen LogP contribution in [0.25, 0.3) is 0 Å². The van der Waals surface area contributed by atoms with Crippen LogP contribution >= 0.6 is 0 Å². The Hall–Kier alpha value is -2.10. The van der Waals surface area contributed by atoms with Crippen LogP contribution in [-0.4, -0.2) is 28.6 Å². The van der Waals surface area contributed by atoms with Crippen molar-refractivity contribution in [3.05, 3.63) is 47.8 Å². The molecule has 1 saturated heterocycles. The molecule has 4 nitrogen and oxygen atoms in total. The number of piperidine rings is 1. The third-order valence-corrected chi connectivity index (χ3v) is 5.32. The van der Waals surface area contributed by atoms with Gasteiger partial charge in [-0.15, -0.1) is 0 Å². The molecule has 26 heavy (non-hydrogen) atoms. The topological polar surface area (TPSA) is 32.3 Å². The number of hydrogen-bond donors (Lipinski definition) is 0. The van der Waals surface area contributed by atoms with Crippen LogP contribution in [0.15, 0.2) is 36.4 Å². The van der Waals surface area contributed by atoms with Crippen molar-refractivity contribution in [2.75, 3.05) is 16.3 Å². The van der Waals surface area contributed by atoms with E-state index in [1.165, 1.54) is 31.2 Å². The molecule has 4 heteroatoms. The molecule has 0 spiro atoms. The summed E-state index contributed by atoms with van der Waals surface area (Å²) in [7, 11) is 0. The highest BCUT2D eigenvalue weighted by atomic mass is 15.3. The largest absolute Gasteiger partial charge is 0.353 e. The molecule has 1 aromatic carbocycles. The van der Waals surface area contributed by atoms with Crippen LogP contribution in [0.2, 0.25) is 0 Å². The standard InChI is InChI=1S/C22H32N4/c1-5-20-13-9-10-14-25(20)21-15-22(24-18(4)23-21)26(17(2)3)16-19-11-7-6-8-12-19/h6-8,11-12,15,17,20H,5,9-10,13-14,16H2,1-4H3. The van der Waals surface area contributed by atoms with Crippen molar-refractivity contribution in [2.45, 2.75) is 72.0 Å². The second kappa shape index (κ2) is 8.52. The van der Waals surface area contributed by atoms with Crippen LogP contribution in [0.4, 0.5) is 11.6 Å². The number of hydrogen-bond acceptors (Lipinski definition) is 4. The van der Waals surface area contributed by atoms with E-state index in [9.17, 15) is 0 Å². The van der Waals surface area contributed by atoms with Gasteiger partial charge in [0.15, 0.2) is 0 Å². The fourth-order valence-corrected chi connectivity index (χ4v) is 3.87. The molecule has 2 heterocycles. The Morgan fingerprint density at radius 3 is 2.62 bits per heavy atom. The molecule has 1 aromatic heterocycles. The third kappa shape index (κ3) is 4.35. The SMILES string of the molecule is CCC1CCCCN1c1cc(N(Cc2ccccc2)C(C)C)nc(C)n1. The molecule has 0 N–H and O–H groups in total. The summed E-state index contributed by atoms with van der Waals surface area (Å²) >= 11 is 0. The summed E-state index contributed by atoms with van der Waals surface area (Å²) in [5.74, 6) is 2.99. The molecule has 0 aliphatic carbocycles. The Bertz CT molecular complexity index is 699. The minimum absolute atomic E-state index is 0.376. The number of rotatable bonds is 6. The van der Waals surface area contributed by atoms with E-state index < -0.39 is 0 Å². The second-order valence-electron chi connectivity index (χ2n) is 7.59. The van der Waals surface area contributed by atoms with Crippen molar-refractivity contribution >= 4 is 11.6 Å². The lowest BCUT2D eigenvalue weighted by Crippen LogP contribution is -2.40. The summed E-state index contributed by atoms with van der Waals surface area (Å²) in [6.45, 7) is 10.7. The fraction of sp³-hybridized carbons (Fsp3) is 0.545. The molecule has 1 unspecified atom stereocenters. The minimum atomic E-state index is 0.376. The van der Waals surface area contributed by atoms with E-state index in [1.54, 1.807) is 0 Å². The van der Waals surface area contributed by atoms with E-state index in [-0.39, 0.29) is 0 Å². The number of aryl methyl sites for hydroxylation is 1. The first-order valence-electron chi connectivity index (χ1n) is 10.0. The van der Waals surface area contributed by atoms with Crippen LogP contribution in [0.3, 0.4) is 0 Å². The number of aromatic nitrogens is 2. The van der Waals surface area contributed by atoms with Crippen molar-refractivity contribution in [3.63, 3.8) is 0 Å². The van der Waals surface area contributed by atoms with E-state index in [0.717, 1.165) is 30.5 Å². The smallest absolute Gasteiger partial charge is 0.134 e. The zero-order valence-electron chi connectivity index (χ0n) is 16.7. The normalized spacial score (nSPS) is 17.6. The monoisotopic (exact) mass is 352 g/mol. The van der Waals surface area contributed by atoms with Gasteiger partial charge in [-0.05, 0) is 52.0 Å². The van der Waals surface area contributed by atoms with Gasteiger partial charge >= 0.3 is 0 Å². The van der Waals surface area contributed by atoms with Gasteiger partial charge in [0.05, 0.1) is 0 Å². The van der Waals surface area contributed by atoms with Crippen LogP contribution < -0.4 is 9.80 Å². The fourth-order valence-electron chi connectivity index (χ4n) is 3.87. The first-order valence-corrected chi connectivity index (χ1v) is 10.0. The third-order valence-electron chi connectivity index (χ3n) is 5.32. The lowest BCUT2D eigenvalue weighted by atomic mass is 10.00. The van der Waals surface area contributed by atoms with E-state index >= 15 is 0 Å². The number of benzene rings is 1. The average Bonchev–Trinajstić information content (AvgIpc) is 2.66. The first kappa shape index (κ1) is 18.7. The van der Waals surface area contributed by atoms with E-state index in [4.69, 9.17) is 9.97 Å². The van der Waals surface area contributed by atoms with Gasteiger partial charge in [-0.25, -0.2) is 9.97 Å². The second-order valence-corrected chi connectivity index (χ2v) is 7.59. The van der Waals surface area contributed by atoms with Gasteiger partial charge in [0.1, 0.15) is 17.5 Å². The zero-order chi connectivity index (χ0) is 18.5. The van der Waals surface area contributed by atoms with Crippen LogP contribution in [0.1, 0.15) is 57.8 Å². The summed E-state index contributed by atoms with van der Waals surface area (Å²) in [5, 5.41) is 0. The van der Waals surface area contributed by atoms with Crippen LogP contribution in [0.5, 0.6) is 0 Å². The van der Waals surface area contributed by atoms with Gasteiger partial charge in [0.25, 0.3) is 0 Å². The number of anilines is 2. The molecular weight excluding hydrogens is 320 g/mol. The molecule has 0 saturated carbocycles. The van der Waals surface area contributed by atoms with Crippen molar-refractivity contribution in [1.29, 1.82) is 0 Å². The summed E-state index contributed by atoms with van der Waals surface area (Å²) < 4.78 is 0. The predicted molar refractivity (Wildman–Crippen MR) is 110 cm³/mol. The molecule has 3 rings (SSSR count). The summed E-state index contributed by atoms with van der Waals surface area (Å²) in [6, 6.07) is 13.8. The number of nitrogens with zero attached hydrogens (tertiary/aromatic N) is 4. The van der Waals surface area contributed by atoms with E-state index in [1.807, 2.05) is 6.92 Å². The Kier molecular flexibility index (Phi) is 6.12. The van der Waals surface area contributed by atoms with Crippen molar-refractivity contribution in [3.8, 4) is 0 Å². The highest BCUT2D eigenvalue weighted by Gasteiger charge is 2.24. The Balaban J connectivity index is 1.91. The summed E-state index contributed by atoms with van der Waals surface area (Å²) in [5.41, 5.74) is 1.31. The van der Waals surface area contributed by atoms with Gasteiger partial charge in [-0.1, -0.05) is 37.3 Å². The van der Waals surface area contributed by atoms with Crippen molar-refractivity contribution in [2.24, 2.45) is 0 Å². The van der Waals surface area contributed by atoms with E-state index in [2.05, 4.69) is 67.0 Å². The first-order chi connectivity index (χ1) is 12.6. The van der Waals surface area contributed by atoms with Gasteiger partial charge in [0.2, 0.25) is 0 Å². The molecule has 1 aliphatic heterocycles. The van der Waals surface area contributed by atoms with Gasteiger partial charge in [-0.3, -0.25) is 0 Å². The highest BCUT2D eigenvalue weighted by molar-refractivity contribution is 5.52. The average molecular weight is 353 g/mol. The maximum atomic E-state index is 4.79.